The Hall–Kier alpha value is -1.20. The quantitative estimate of drug-likeness (QED) is 0.748. The molecule has 0 aliphatic heterocycles. The largest absolute Gasteiger partial charge is 0.461 e. The van der Waals surface area contributed by atoms with Crippen LogP contribution in [0, 0.1) is 0 Å². The summed E-state index contributed by atoms with van der Waals surface area (Å²) < 4.78 is 4.76. The van der Waals surface area contributed by atoms with Crippen molar-refractivity contribution in [1.29, 1.82) is 0 Å². The van der Waals surface area contributed by atoms with Crippen LogP contribution in [0.3, 0.4) is 0 Å². The molecule has 0 amide bonds. The average molecular weight is 218 g/mol. The third-order valence-electron chi connectivity index (χ3n) is 1.37. The van der Waals surface area contributed by atoms with Gasteiger partial charge in [-0.25, -0.2) is 14.8 Å². The fraction of sp³-hybridized carbons (Fsp3) is 0.375. The third-order valence-corrected chi connectivity index (χ3v) is 1.37. The number of carbonyl (C=O) groups excluding carboxylic acids is 1. The topological polar surface area (TPSA) is 78.1 Å². The van der Waals surface area contributed by atoms with Crippen LogP contribution in [0.25, 0.3) is 0 Å². The van der Waals surface area contributed by atoms with E-state index >= 15 is 0 Å². The van der Waals surface area contributed by atoms with Crippen LogP contribution in [0.15, 0.2) is 12.3 Å². The van der Waals surface area contributed by atoms with Crippen LogP contribution in [0.5, 0.6) is 0 Å². The van der Waals surface area contributed by atoms with Crippen LogP contribution >= 0.6 is 12.4 Å². The highest BCUT2D eigenvalue weighted by Gasteiger charge is 2.08. The lowest BCUT2D eigenvalue weighted by Gasteiger charge is -2.01. The lowest BCUT2D eigenvalue weighted by molar-refractivity contribution is 0.0519. The molecular weight excluding hydrogens is 206 g/mol. The van der Waals surface area contributed by atoms with Gasteiger partial charge in [-0.05, 0) is 13.0 Å². The maximum Gasteiger partial charge on any atom is 0.357 e. The number of nitrogens with two attached hydrogens (primary N) is 1. The fourth-order valence-corrected chi connectivity index (χ4v) is 0.816. The molecule has 1 aromatic heterocycles. The molecule has 1 aromatic rings. The summed E-state index contributed by atoms with van der Waals surface area (Å²) >= 11 is 0. The highest BCUT2D eigenvalue weighted by molar-refractivity contribution is 5.87. The van der Waals surface area contributed by atoms with Crippen molar-refractivity contribution < 1.29 is 9.53 Å². The predicted molar refractivity (Wildman–Crippen MR) is 53.1 cm³/mol. The van der Waals surface area contributed by atoms with Crippen LogP contribution in [-0.2, 0) is 11.3 Å². The van der Waals surface area contributed by atoms with Crippen LogP contribution in [0.4, 0.5) is 0 Å². The van der Waals surface area contributed by atoms with Gasteiger partial charge in [0.15, 0.2) is 5.69 Å². The molecule has 0 fully saturated rings. The number of aromatic nitrogens is 2. The molecule has 0 aliphatic rings. The second kappa shape index (κ2) is 6.28. The Morgan fingerprint density at radius 2 is 2.36 bits per heavy atom. The van der Waals surface area contributed by atoms with E-state index < -0.39 is 5.97 Å². The van der Waals surface area contributed by atoms with Gasteiger partial charge in [0.05, 0.1) is 13.2 Å². The molecule has 0 spiro atoms. The number of hydrogen-bond acceptors (Lipinski definition) is 5. The van der Waals surface area contributed by atoms with E-state index in [-0.39, 0.29) is 24.6 Å². The number of halogens is 1. The zero-order valence-corrected chi connectivity index (χ0v) is 8.58. The Bertz CT molecular complexity index is 306. The maximum atomic E-state index is 11.2. The molecule has 2 N–H and O–H groups in total. The van der Waals surface area contributed by atoms with E-state index in [0.717, 1.165) is 0 Å². The molecule has 0 saturated carbocycles. The Labute approximate surface area is 88.1 Å². The van der Waals surface area contributed by atoms with Gasteiger partial charge in [-0.2, -0.15) is 0 Å². The van der Waals surface area contributed by atoms with Crippen LogP contribution < -0.4 is 5.73 Å². The van der Waals surface area contributed by atoms with Gasteiger partial charge in [0.2, 0.25) is 0 Å². The first-order chi connectivity index (χ1) is 6.27. The number of nitrogens with zero attached hydrogens (tertiary/aromatic N) is 2. The third kappa shape index (κ3) is 3.27. The van der Waals surface area contributed by atoms with E-state index in [1.54, 1.807) is 6.92 Å². The van der Waals surface area contributed by atoms with Gasteiger partial charge in [-0.1, -0.05) is 0 Å². The van der Waals surface area contributed by atoms with E-state index in [4.69, 9.17) is 10.5 Å². The lowest BCUT2D eigenvalue weighted by Crippen LogP contribution is -2.11. The molecule has 78 valence electrons. The van der Waals surface area contributed by atoms with E-state index in [9.17, 15) is 4.79 Å². The standard InChI is InChI=1S/C8H11N3O2.ClH/c1-2-13-8(12)6-3-4-10-7(5-9)11-6;/h3-4H,2,5,9H2,1H3;1H. The normalized spacial score (nSPS) is 9.00. The second-order valence-corrected chi connectivity index (χ2v) is 2.28. The monoisotopic (exact) mass is 217 g/mol. The summed E-state index contributed by atoms with van der Waals surface area (Å²) in [6.45, 7) is 2.29. The van der Waals surface area contributed by atoms with Crippen molar-refractivity contribution in [3.05, 3.63) is 23.8 Å². The Morgan fingerprint density at radius 1 is 1.64 bits per heavy atom. The molecule has 0 saturated heterocycles. The van der Waals surface area contributed by atoms with E-state index in [0.29, 0.717) is 12.4 Å². The summed E-state index contributed by atoms with van der Waals surface area (Å²) in [5.74, 6) is -0.00912. The first-order valence-electron chi connectivity index (χ1n) is 3.97. The molecule has 1 rings (SSSR count). The molecule has 0 aromatic carbocycles. The highest BCUT2D eigenvalue weighted by Crippen LogP contribution is 1.97. The molecule has 6 heteroatoms. The molecule has 0 radical (unpaired) electrons. The van der Waals surface area contributed by atoms with Gasteiger partial charge in [0, 0.05) is 6.20 Å². The number of rotatable bonds is 3. The summed E-state index contributed by atoms with van der Waals surface area (Å²) in [7, 11) is 0. The van der Waals surface area contributed by atoms with Crippen molar-refractivity contribution in [2.24, 2.45) is 5.73 Å². The molecule has 0 unspecified atom stereocenters. The SMILES string of the molecule is CCOC(=O)c1ccnc(CN)n1.Cl. The minimum absolute atomic E-state index is 0. The lowest BCUT2D eigenvalue weighted by atomic mass is 10.4. The van der Waals surface area contributed by atoms with Gasteiger partial charge < -0.3 is 10.5 Å². The predicted octanol–water partition coefficient (Wildman–Crippen LogP) is 0.534. The number of ether oxygens (including phenoxy) is 1. The van der Waals surface area contributed by atoms with Gasteiger partial charge in [0.1, 0.15) is 5.82 Å². The van der Waals surface area contributed by atoms with Gasteiger partial charge in [-0.15, -0.1) is 12.4 Å². The molecule has 1 heterocycles. The molecule has 14 heavy (non-hydrogen) atoms. The van der Waals surface area contributed by atoms with E-state index in [1.165, 1.54) is 12.3 Å². The fourth-order valence-electron chi connectivity index (χ4n) is 0.816. The van der Waals surface area contributed by atoms with Crippen molar-refractivity contribution >= 4 is 18.4 Å². The summed E-state index contributed by atoms with van der Waals surface area (Å²) in [4.78, 5) is 18.9. The van der Waals surface area contributed by atoms with Crippen LogP contribution in [0.1, 0.15) is 23.2 Å². The van der Waals surface area contributed by atoms with E-state index in [1.807, 2.05) is 0 Å². The molecule has 0 bridgehead atoms. The minimum atomic E-state index is -0.445. The molecule has 5 nitrogen and oxygen atoms in total. The first kappa shape index (κ1) is 12.8. The van der Waals surface area contributed by atoms with Gasteiger partial charge >= 0.3 is 5.97 Å². The van der Waals surface area contributed by atoms with Crippen molar-refractivity contribution in [1.82, 2.24) is 9.97 Å². The molecule has 0 atom stereocenters. The summed E-state index contributed by atoms with van der Waals surface area (Å²) in [5.41, 5.74) is 5.56. The number of esters is 1. The zero-order valence-electron chi connectivity index (χ0n) is 7.77. The maximum absolute atomic E-state index is 11.2. The molecular formula is C8H12ClN3O2. The number of carbonyl (C=O) groups is 1. The summed E-state index contributed by atoms with van der Waals surface area (Å²) in [5, 5.41) is 0. The van der Waals surface area contributed by atoms with Crippen molar-refractivity contribution in [3.63, 3.8) is 0 Å². The Balaban J connectivity index is 0.00000169. The van der Waals surface area contributed by atoms with Crippen LogP contribution in [0.2, 0.25) is 0 Å². The van der Waals surface area contributed by atoms with Crippen molar-refractivity contribution in [3.8, 4) is 0 Å². The number of hydrogen-bond donors (Lipinski definition) is 1. The highest BCUT2D eigenvalue weighted by atomic mass is 35.5. The zero-order chi connectivity index (χ0) is 9.68. The van der Waals surface area contributed by atoms with E-state index in [2.05, 4.69) is 9.97 Å². The smallest absolute Gasteiger partial charge is 0.357 e. The average Bonchev–Trinajstić information content (AvgIpc) is 2.18. The second-order valence-electron chi connectivity index (χ2n) is 2.28. The van der Waals surface area contributed by atoms with Crippen LogP contribution in [-0.4, -0.2) is 22.5 Å². The molecule has 0 aliphatic carbocycles. The van der Waals surface area contributed by atoms with Crippen molar-refractivity contribution in [2.75, 3.05) is 6.61 Å². The Kier molecular flexibility index (Phi) is 5.74. The Morgan fingerprint density at radius 3 is 2.93 bits per heavy atom. The first-order valence-corrected chi connectivity index (χ1v) is 3.97. The van der Waals surface area contributed by atoms with Gasteiger partial charge in [-0.3, -0.25) is 0 Å². The van der Waals surface area contributed by atoms with Gasteiger partial charge in [0.25, 0.3) is 0 Å². The minimum Gasteiger partial charge on any atom is -0.461 e. The van der Waals surface area contributed by atoms with Crippen molar-refractivity contribution in [2.45, 2.75) is 13.5 Å². The summed E-state index contributed by atoms with van der Waals surface area (Å²) in [6, 6.07) is 1.50. The summed E-state index contributed by atoms with van der Waals surface area (Å²) in [6.07, 6.45) is 1.49.